The molecule has 2 N–H and O–H groups in total. The largest absolute Gasteiger partial charge is 0.463 e. The molecule has 1 amide bonds. The Morgan fingerprint density at radius 1 is 1.52 bits per heavy atom. The van der Waals surface area contributed by atoms with E-state index in [1.165, 1.54) is 6.08 Å². The Hall–Kier alpha value is -2.25. The molecule has 0 aromatic rings. The zero-order chi connectivity index (χ0) is 17.6. The highest BCUT2D eigenvalue weighted by Crippen LogP contribution is 2.23. The van der Waals surface area contributed by atoms with Gasteiger partial charge in [0.2, 0.25) is 0 Å². The fourth-order valence-electron chi connectivity index (χ4n) is 2.10. The van der Waals surface area contributed by atoms with Crippen molar-refractivity contribution in [3.63, 3.8) is 0 Å². The summed E-state index contributed by atoms with van der Waals surface area (Å²) < 4.78 is 10.0. The number of azide groups is 1. The smallest absolute Gasteiger partial charge is 0.407 e. The SMILES string of the molecule is CCOC(=O)C1=C[C@@H](N=[N+]=[N-])[C@H](O)[C@H](NC(=O)OC(C)(C)C)C1. The number of hydrogen-bond acceptors (Lipinski definition) is 6. The maximum atomic E-state index is 11.9. The second-order valence-corrected chi connectivity index (χ2v) is 6.06. The van der Waals surface area contributed by atoms with Crippen LogP contribution in [-0.4, -0.2) is 47.6 Å². The number of amides is 1. The molecule has 128 valence electrons. The zero-order valence-electron chi connectivity index (χ0n) is 13.6. The van der Waals surface area contributed by atoms with Crippen LogP contribution in [0.3, 0.4) is 0 Å². The van der Waals surface area contributed by atoms with E-state index in [1.807, 2.05) is 0 Å². The van der Waals surface area contributed by atoms with Gasteiger partial charge in [-0.2, -0.15) is 0 Å². The molecule has 23 heavy (non-hydrogen) atoms. The molecule has 0 aliphatic heterocycles. The molecular formula is C14H22N4O5. The molecular weight excluding hydrogens is 304 g/mol. The molecule has 0 unspecified atom stereocenters. The minimum absolute atomic E-state index is 0.0523. The number of alkyl carbamates (subject to hydrolysis) is 1. The van der Waals surface area contributed by atoms with E-state index in [0.29, 0.717) is 0 Å². The summed E-state index contributed by atoms with van der Waals surface area (Å²) in [5, 5.41) is 16.1. The monoisotopic (exact) mass is 326 g/mol. The predicted molar refractivity (Wildman–Crippen MR) is 81.4 cm³/mol. The van der Waals surface area contributed by atoms with Gasteiger partial charge in [0, 0.05) is 16.9 Å². The van der Waals surface area contributed by atoms with Crippen molar-refractivity contribution in [1.29, 1.82) is 0 Å². The number of nitrogens with one attached hydrogen (secondary N) is 1. The Balaban J connectivity index is 2.91. The van der Waals surface area contributed by atoms with Crippen molar-refractivity contribution in [3.05, 3.63) is 22.1 Å². The Morgan fingerprint density at radius 3 is 2.70 bits per heavy atom. The molecule has 0 aromatic heterocycles. The van der Waals surface area contributed by atoms with E-state index in [1.54, 1.807) is 27.7 Å². The van der Waals surface area contributed by atoms with E-state index in [0.717, 1.165) is 0 Å². The normalized spacial score (nSPS) is 24.0. The number of ether oxygens (including phenoxy) is 2. The van der Waals surface area contributed by atoms with Crippen molar-refractivity contribution in [2.24, 2.45) is 5.11 Å². The molecule has 9 heteroatoms. The lowest BCUT2D eigenvalue weighted by molar-refractivity contribution is -0.139. The van der Waals surface area contributed by atoms with E-state index in [2.05, 4.69) is 15.3 Å². The Kier molecular flexibility index (Phi) is 6.41. The van der Waals surface area contributed by atoms with Gasteiger partial charge in [0.15, 0.2) is 0 Å². The number of aliphatic hydroxyl groups is 1. The van der Waals surface area contributed by atoms with Gasteiger partial charge < -0.3 is 19.9 Å². The lowest BCUT2D eigenvalue weighted by Crippen LogP contribution is -2.51. The first-order valence-electron chi connectivity index (χ1n) is 7.27. The number of carbonyl (C=O) groups excluding carboxylic acids is 2. The van der Waals surface area contributed by atoms with Gasteiger partial charge in [-0.15, -0.1) is 0 Å². The molecule has 9 nitrogen and oxygen atoms in total. The molecule has 1 rings (SSSR count). The second kappa shape index (κ2) is 7.85. The molecule has 0 saturated heterocycles. The third-order valence-electron chi connectivity index (χ3n) is 3.00. The molecule has 0 aromatic carbocycles. The van der Waals surface area contributed by atoms with Crippen LogP contribution in [0.5, 0.6) is 0 Å². The summed E-state index contributed by atoms with van der Waals surface area (Å²) in [4.78, 5) is 26.4. The summed E-state index contributed by atoms with van der Waals surface area (Å²) in [5.41, 5.74) is 8.11. The van der Waals surface area contributed by atoms with Gasteiger partial charge in [-0.3, -0.25) is 0 Å². The number of esters is 1. The molecule has 1 aliphatic carbocycles. The minimum atomic E-state index is -1.17. The summed E-state index contributed by atoms with van der Waals surface area (Å²) >= 11 is 0. The molecule has 1 aliphatic rings. The Labute approximate surface area is 134 Å². The van der Waals surface area contributed by atoms with Gasteiger partial charge in [0.1, 0.15) is 5.60 Å². The molecule has 3 atom stereocenters. The van der Waals surface area contributed by atoms with Gasteiger partial charge in [-0.1, -0.05) is 11.2 Å². The van der Waals surface area contributed by atoms with Crippen molar-refractivity contribution in [2.45, 2.75) is 57.9 Å². The van der Waals surface area contributed by atoms with Crippen LogP contribution in [-0.2, 0) is 14.3 Å². The van der Waals surface area contributed by atoms with Crippen molar-refractivity contribution in [3.8, 4) is 0 Å². The van der Waals surface area contributed by atoms with E-state index in [4.69, 9.17) is 15.0 Å². The topological polar surface area (TPSA) is 134 Å². The van der Waals surface area contributed by atoms with Gasteiger partial charge in [0.05, 0.1) is 24.8 Å². The molecule has 0 spiro atoms. The van der Waals surface area contributed by atoms with Gasteiger partial charge >= 0.3 is 12.1 Å². The molecule has 0 heterocycles. The first kappa shape index (κ1) is 18.8. The van der Waals surface area contributed by atoms with E-state index < -0.39 is 35.9 Å². The van der Waals surface area contributed by atoms with Crippen LogP contribution in [0.1, 0.15) is 34.1 Å². The highest BCUT2D eigenvalue weighted by molar-refractivity contribution is 5.89. The summed E-state index contributed by atoms with van der Waals surface area (Å²) in [6, 6.07) is -1.81. The second-order valence-electron chi connectivity index (χ2n) is 6.06. The average molecular weight is 326 g/mol. The van der Waals surface area contributed by atoms with E-state index >= 15 is 0 Å². The van der Waals surface area contributed by atoms with Gasteiger partial charge in [0.25, 0.3) is 0 Å². The zero-order valence-corrected chi connectivity index (χ0v) is 13.6. The summed E-state index contributed by atoms with van der Waals surface area (Å²) in [6.07, 6.45) is -0.491. The lowest BCUT2D eigenvalue weighted by atomic mass is 9.89. The van der Waals surface area contributed by atoms with Gasteiger partial charge in [-0.05, 0) is 33.2 Å². The summed E-state index contributed by atoms with van der Waals surface area (Å²) in [5.74, 6) is -0.575. The number of hydrogen-bond donors (Lipinski definition) is 2. The molecule has 0 saturated carbocycles. The third-order valence-corrected chi connectivity index (χ3v) is 3.00. The highest BCUT2D eigenvalue weighted by Gasteiger charge is 2.35. The lowest BCUT2D eigenvalue weighted by Gasteiger charge is -2.32. The maximum absolute atomic E-state index is 11.9. The fraction of sp³-hybridized carbons (Fsp3) is 0.714. The van der Waals surface area contributed by atoms with Gasteiger partial charge in [-0.25, -0.2) is 9.59 Å². The number of carbonyl (C=O) groups is 2. The summed E-state index contributed by atoms with van der Waals surface area (Å²) in [7, 11) is 0. The quantitative estimate of drug-likeness (QED) is 0.352. The standard InChI is InChI=1S/C14H22N4O5/c1-5-22-12(20)8-6-9(11(19)10(7-8)17-18-15)16-13(21)23-14(2,3)4/h7,9-11,19H,5-6H2,1-4H3,(H,16,21)/t9-,10-,11-/m1/s1. The first-order chi connectivity index (χ1) is 10.7. The Morgan fingerprint density at radius 2 is 2.17 bits per heavy atom. The van der Waals surface area contributed by atoms with Crippen molar-refractivity contribution >= 4 is 12.1 Å². The van der Waals surface area contributed by atoms with Crippen molar-refractivity contribution in [1.82, 2.24) is 5.32 Å². The number of aliphatic hydroxyl groups excluding tert-OH is 1. The van der Waals surface area contributed by atoms with E-state index in [9.17, 15) is 14.7 Å². The van der Waals surface area contributed by atoms with Crippen LogP contribution in [0.4, 0.5) is 4.79 Å². The molecule has 0 bridgehead atoms. The summed E-state index contributed by atoms with van der Waals surface area (Å²) in [6.45, 7) is 6.97. The third kappa shape index (κ3) is 5.80. The van der Waals surface area contributed by atoms with Crippen LogP contribution >= 0.6 is 0 Å². The maximum Gasteiger partial charge on any atom is 0.407 e. The predicted octanol–water partition coefficient (Wildman–Crippen LogP) is 1.81. The van der Waals surface area contributed by atoms with E-state index in [-0.39, 0.29) is 18.6 Å². The Bertz CT molecular complexity index is 534. The highest BCUT2D eigenvalue weighted by atomic mass is 16.6. The van der Waals surface area contributed by atoms with Crippen LogP contribution in [0, 0.1) is 0 Å². The van der Waals surface area contributed by atoms with Crippen LogP contribution in [0.2, 0.25) is 0 Å². The van der Waals surface area contributed by atoms with Crippen LogP contribution < -0.4 is 5.32 Å². The fourth-order valence-corrected chi connectivity index (χ4v) is 2.10. The van der Waals surface area contributed by atoms with Crippen LogP contribution in [0.15, 0.2) is 16.8 Å². The molecule has 0 radical (unpaired) electrons. The molecule has 0 fully saturated rings. The minimum Gasteiger partial charge on any atom is -0.463 e. The average Bonchev–Trinajstić information content (AvgIpc) is 2.41. The van der Waals surface area contributed by atoms with Crippen molar-refractivity contribution in [2.75, 3.05) is 6.61 Å². The number of nitrogens with zero attached hydrogens (tertiary/aromatic N) is 3. The number of rotatable bonds is 4. The first-order valence-corrected chi connectivity index (χ1v) is 7.27. The van der Waals surface area contributed by atoms with Crippen molar-refractivity contribution < 1.29 is 24.2 Å². The van der Waals surface area contributed by atoms with Crippen LogP contribution in [0.25, 0.3) is 10.4 Å².